The first-order valence-electron chi connectivity index (χ1n) is 5.85. The van der Waals surface area contributed by atoms with Crippen LogP contribution in [0.4, 0.5) is 0 Å². The van der Waals surface area contributed by atoms with Gasteiger partial charge < -0.3 is 5.11 Å². The van der Waals surface area contributed by atoms with Gasteiger partial charge in [-0.3, -0.25) is 0 Å². The van der Waals surface area contributed by atoms with Crippen LogP contribution in [0.25, 0.3) is 0 Å². The summed E-state index contributed by atoms with van der Waals surface area (Å²) >= 11 is 0. The fraction of sp³-hybridized carbons (Fsp3) is 0.214. The summed E-state index contributed by atoms with van der Waals surface area (Å²) in [6, 6.07) is 10.1. The Bertz CT molecular complexity index is 646. The molecule has 0 atom stereocenters. The quantitative estimate of drug-likeness (QED) is 0.926. The Morgan fingerprint density at radius 1 is 1.05 bits per heavy atom. The predicted molar refractivity (Wildman–Crippen MR) is 72.2 cm³/mol. The Kier molecular flexibility index (Phi) is 3.97. The zero-order chi connectivity index (χ0) is 13.9. The number of rotatable bonds is 4. The Morgan fingerprint density at radius 3 is 2.21 bits per heavy atom. The highest BCUT2D eigenvalue weighted by Crippen LogP contribution is 2.15. The van der Waals surface area contributed by atoms with Crippen LogP contribution in [-0.4, -0.2) is 18.5 Å². The van der Waals surface area contributed by atoms with Crippen LogP contribution < -0.4 is 0 Å². The van der Waals surface area contributed by atoms with Crippen molar-refractivity contribution in [2.45, 2.75) is 24.3 Å². The Balaban J connectivity index is 2.23. The minimum absolute atomic E-state index is 0.0491. The lowest BCUT2D eigenvalue weighted by molar-refractivity contribution is 0.282. The number of aromatic nitrogens is 1. The largest absolute Gasteiger partial charge is 0.392 e. The van der Waals surface area contributed by atoms with Crippen LogP contribution in [-0.2, 0) is 22.2 Å². The number of aliphatic hydroxyl groups excluding tert-OH is 1. The van der Waals surface area contributed by atoms with Crippen LogP contribution in [0.3, 0.4) is 0 Å². The summed E-state index contributed by atoms with van der Waals surface area (Å²) in [5.74, 6) is -0.0885. The summed E-state index contributed by atoms with van der Waals surface area (Å²) in [5, 5.41) is 9.02. The third kappa shape index (κ3) is 3.39. The summed E-state index contributed by atoms with van der Waals surface area (Å²) in [6.07, 6.45) is 1.54. The second kappa shape index (κ2) is 5.50. The molecule has 2 aromatic rings. The van der Waals surface area contributed by atoms with E-state index in [4.69, 9.17) is 5.11 Å². The Hall–Kier alpha value is -1.72. The van der Waals surface area contributed by atoms with Crippen LogP contribution in [0.5, 0.6) is 0 Å². The van der Waals surface area contributed by atoms with E-state index in [1.165, 1.54) is 6.07 Å². The molecule has 0 radical (unpaired) electrons. The maximum atomic E-state index is 12.2. The average molecular weight is 277 g/mol. The van der Waals surface area contributed by atoms with E-state index < -0.39 is 9.84 Å². The molecule has 19 heavy (non-hydrogen) atoms. The maximum absolute atomic E-state index is 12.2. The van der Waals surface area contributed by atoms with Crippen LogP contribution in [0.1, 0.15) is 16.7 Å². The minimum Gasteiger partial charge on any atom is -0.392 e. The molecule has 0 saturated heterocycles. The molecule has 1 aromatic carbocycles. The molecule has 1 heterocycles. The monoisotopic (exact) mass is 277 g/mol. The van der Waals surface area contributed by atoms with Gasteiger partial charge in [0.2, 0.25) is 0 Å². The molecule has 0 aliphatic heterocycles. The molecule has 2 rings (SSSR count). The molecule has 4 nitrogen and oxygen atoms in total. The smallest absolute Gasteiger partial charge is 0.199 e. The highest BCUT2D eigenvalue weighted by atomic mass is 32.2. The SMILES string of the molecule is Cc1ccc(S(=O)(=O)Cc2ccc(CO)cc2)nc1. The second-order valence-electron chi connectivity index (χ2n) is 4.41. The first-order chi connectivity index (χ1) is 9.01. The van der Waals surface area contributed by atoms with Crippen molar-refractivity contribution in [2.24, 2.45) is 0 Å². The van der Waals surface area contributed by atoms with E-state index in [9.17, 15) is 8.42 Å². The minimum atomic E-state index is -3.42. The summed E-state index contributed by atoms with van der Waals surface area (Å²) in [4.78, 5) is 3.95. The molecule has 0 spiro atoms. The summed E-state index contributed by atoms with van der Waals surface area (Å²) in [7, 11) is -3.42. The fourth-order valence-electron chi connectivity index (χ4n) is 1.67. The number of nitrogens with zero attached hydrogens (tertiary/aromatic N) is 1. The van der Waals surface area contributed by atoms with Crippen molar-refractivity contribution in [1.29, 1.82) is 0 Å². The van der Waals surface area contributed by atoms with E-state index >= 15 is 0 Å². The number of sulfone groups is 1. The van der Waals surface area contributed by atoms with Gasteiger partial charge in [-0.2, -0.15) is 0 Å². The van der Waals surface area contributed by atoms with Gasteiger partial charge in [-0.05, 0) is 29.7 Å². The van der Waals surface area contributed by atoms with Crippen molar-refractivity contribution < 1.29 is 13.5 Å². The van der Waals surface area contributed by atoms with Crippen LogP contribution in [0.15, 0.2) is 47.6 Å². The molecule has 0 fully saturated rings. The Labute approximate surface area is 112 Å². The Morgan fingerprint density at radius 2 is 1.68 bits per heavy atom. The van der Waals surface area contributed by atoms with E-state index in [1.54, 1.807) is 36.5 Å². The van der Waals surface area contributed by atoms with Crippen molar-refractivity contribution >= 4 is 9.84 Å². The zero-order valence-corrected chi connectivity index (χ0v) is 11.4. The van der Waals surface area contributed by atoms with Gasteiger partial charge in [0.1, 0.15) is 0 Å². The van der Waals surface area contributed by atoms with Gasteiger partial charge in [-0.25, -0.2) is 13.4 Å². The maximum Gasteiger partial charge on any atom is 0.199 e. The van der Waals surface area contributed by atoms with Gasteiger partial charge in [-0.1, -0.05) is 30.3 Å². The molecule has 1 N–H and O–H groups in total. The molecule has 5 heteroatoms. The van der Waals surface area contributed by atoms with E-state index in [0.29, 0.717) is 5.56 Å². The molecular formula is C14H15NO3S. The predicted octanol–water partition coefficient (Wildman–Crippen LogP) is 1.86. The molecule has 100 valence electrons. The van der Waals surface area contributed by atoms with Gasteiger partial charge in [0.05, 0.1) is 12.4 Å². The third-order valence-electron chi connectivity index (χ3n) is 2.77. The highest BCUT2D eigenvalue weighted by Gasteiger charge is 2.16. The lowest BCUT2D eigenvalue weighted by Gasteiger charge is -2.05. The van der Waals surface area contributed by atoms with Gasteiger partial charge in [0.25, 0.3) is 0 Å². The lowest BCUT2D eigenvalue weighted by Crippen LogP contribution is -2.07. The van der Waals surface area contributed by atoms with E-state index in [2.05, 4.69) is 4.98 Å². The van der Waals surface area contributed by atoms with Gasteiger partial charge in [-0.15, -0.1) is 0 Å². The number of hydrogen-bond donors (Lipinski definition) is 1. The molecular weight excluding hydrogens is 262 g/mol. The van der Waals surface area contributed by atoms with Crippen LogP contribution in [0, 0.1) is 6.92 Å². The molecule has 0 bridgehead atoms. The molecule has 1 aromatic heterocycles. The molecule has 0 saturated carbocycles. The van der Waals surface area contributed by atoms with E-state index in [-0.39, 0.29) is 17.4 Å². The number of aliphatic hydroxyl groups is 1. The van der Waals surface area contributed by atoms with E-state index in [1.807, 2.05) is 6.92 Å². The van der Waals surface area contributed by atoms with Gasteiger partial charge in [0.15, 0.2) is 14.9 Å². The molecule has 0 amide bonds. The van der Waals surface area contributed by atoms with Crippen LogP contribution in [0.2, 0.25) is 0 Å². The van der Waals surface area contributed by atoms with Gasteiger partial charge in [0, 0.05) is 6.20 Å². The number of hydrogen-bond acceptors (Lipinski definition) is 4. The second-order valence-corrected chi connectivity index (χ2v) is 6.34. The van der Waals surface area contributed by atoms with Crippen molar-refractivity contribution in [3.05, 3.63) is 59.3 Å². The zero-order valence-electron chi connectivity index (χ0n) is 10.6. The first-order valence-corrected chi connectivity index (χ1v) is 7.50. The summed E-state index contributed by atoms with van der Waals surface area (Å²) in [5.41, 5.74) is 2.36. The molecule has 0 aliphatic carbocycles. The molecule has 0 aliphatic rings. The van der Waals surface area contributed by atoms with E-state index in [0.717, 1.165) is 11.1 Å². The van der Waals surface area contributed by atoms with Crippen molar-refractivity contribution in [3.8, 4) is 0 Å². The lowest BCUT2D eigenvalue weighted by atomic mass is 10.2. The highest BCUT2D eigenvalue weighted by molar-refractivity contribution is 7.90. The number of benzene rings is 1. The third-order valence-corrected chi connectivity index (χ3v) is 4.36. The number of aryl methyl sites for hydroxylation is 1. The van der Waals surface area contributed by atoms with Crippen molar-refractivity contribution in [1.82, 2.24) is 4.98 Å². The van der Waals surface area contributed by atoms with Crippen molar-refractivity contribution in [2.75, 3.05) is 0 Å². The molecule has 0 unspecified atom stereocenters. The topological polar surface area (TPSA) is 67.3 Å². The number of pyridine rings is 1. The normalized spacial score (nSPS) is 11.5. The van der Waals surface area contributed by atoms with Crippen LogP contribution >= 0.6 is 0 Å². The van der Waals surface area contributed by atoms with Gasteiger partial charge >= 0.3 is 0 Å². The average Bonchev–Trinajstić information content (AvgIpc) is 2.40. The fourth-order valence-corrected chi connectivity index (χ4v) is 2.94. The summed E-state index contributed by atoms with van der Waals surface area (Å²) < 4.78 is 24.3. The first kappa shape index (κ1) is 13.7. The summed E-state index contributed by atoms with van der Waals surface area (Å²) in [6.45, 7) is 1.81. The van der Waals surface area contributed by atoms with Crippen molar-refractivity contribution in [3.63, 3.8) is 0 Å². The standard InChI is InChI=1S/C14H15NO3S/c1-11-2-7-14(15-8-11)19(17,18)10-13-5-3-12(9-16)4-6-13/h2-8,16H,9-10H2,1H3.